The van der Waals surface area contributed by atoms with Crippen LogP contribution >= 0.6 is 15.6 Å². The van der Waals surface area contributed by atoms with Crippen LogP contribution < -0.4 is 0 Å². The van der Waals surface area contributed by atoms with Crippen LogP contribution in [0.3, 0.4) is 0 Å². The van der Waals surface area contributed by atoms with Crippen molar-refractivity contribution in [1.29, 1.82) is 0 Å². The molecule has 0 aliphatic rings. The Hall–Kier alpha value is -1.94. The summed E-state index contributed by atoms with van der Waals surface area (Å²) in [6, 6.07) is 0. The fourth-order valence-electron chi connectivity index (χ4n) is 11.9. The lowest BCUT2D eigenvalue weighted by Gasteiger charge is -2.21. The van der Waals surface area contributed by atoms with Crippen molar-refractivity contribution in [3.8, 4) is 0 Å². The molecular weight excluding hydrogens is 1270 g/mol. The van der Waals surface area contributed by atoms with E-state index in [1.54, 1.807) is 0 Å². The van der Waals surface area contributed by atoms with Crippen LogP contribution in [-0.4, -0.2) is 96.7 Å². The fourth-order valence-corrected chi connectivity index (χ4v) is 13.5. The number of esters is 4. The standard InChI is InChI=1S/C78H152O17P2/c1-9-71(8)57-49-41-32-26-19-15-11-13-16-20-27-33-42-50-58-75(80)88-64-73(94-77(82)60-52-44-34-28-21-17-12-10-14-18-24-30-38-46-54-68(2)3)66-92-96(84,85)90-62-72(79)63-91-97(86,87)93-67-74(65-89-76(81)59-51-43-37-36-40-48-56-70(6)7)95-78(83)61-53-45-35-29-23-22-25-31-39-47-55-69(4)5/h68-74,79H,9-67H2,1-8H3,(H,84,85)(H,86,87)/t71?,72-,73-,74-/m1/s1. The molecule has 17 nitrogen and oxygen atoms in total. The van der Waals surface area contributed by atoms with Gasteiger partial charge in [-0.1, -0.05) is 344 Å². The summed E-state index contributed by atoms with van der Waals surface area (Å²) >= 11 is 0. The molecular formula is C78H152O17P2. The van der Waals surface area contributed by atoms with E-state index in [0.29, 0.717) is 31.6 Å². The molecule has 0 bridgehead atoms. The third-order valence-corrected chi connectivity index (χ3v) is 20.3. The molecule has 19 heteroatoms. The molecule has 0 aliphatic carbocycles. The minimum Gasteiger partial charge on any atom is -0.462 e. The Labute approximate surface area is 594 Å². The maximum atomic E-state index is 13.1. The number of phosphoric ester groups is 2. The highest BCUT2D eigenvalue weighted by Crippen LogP contribution is 2.45. The van der Waals surface area contributed by atoms with Crippen LogP contribution in [0.4, 0.5) is 0 Å². The van der Waals surface area contributed by atoms with Crippen molar-refractivity contribution in [3.63, 3.8) is 0 Å². The number of unbranched alkanes of at least 4 members (excludes halogenated alkanes) is 40. The van der Waals surface area contributed by atoms with E-state index in [1.165, 1.54) is 193 Å². The van der Waals surface area contributed by atoms with Crippen molar-refractivity contribution >= 4 is 39.5 Å². The van der Waals surface area contributed by atoms with Crippen LogP contribution in [0.5, 0.6) is 0 Å². The summed E-state index contributed by atoms with van der Waals surface area (Å²) in [5.41, 5.74) is 0. The first kappa shape index (κ1) is 95.1. The van der Waals surface area contributed by atoms with E-state index >= 15 is 0 Å². The molecule has 0 heterocycles. The zero-order valence-electron chi connectivity index (χ0n) is 63.7. The Morgan fingerprint density at radius 2 is 0.495 bits per heavy atom. The second kappa shape index (κ2) is 67.2. The van der Waals surface area contributed by atoms with Crippen LogP contribution in [0.2, 0.25) is 0 Å². The molecule has 0 aromatic rings. The Bertz CT molecular complexity index is 1900. The van der Waals surface area contributed by atoms with E-state index < -0.39 is 97.5 Å². The van der Waals surface area contributed by atoms with Gasteiger partial charge in [-0.15, -0.1) is 0 Å². The summed E-state index contributed by atoms with van der Waals surface area (Å²) in [5, 5.41) is 10.6. The molecule has 0 fully saturated rings. The zero-order valence-corrected chi connectivity index (χ0v) is 65.5. The van der Waals surface area contributed by atoms with E-state index in [0.717, 1.165) is 114 Å². The van der Waals surface area contributed by atoms with Crippen molar-refractivity contribution in [2.24, 2.45) is 23.7 Å². The van der Waals surface area contributed by atoms with Gasteiger partial charge < -0.3 is 33.8 Å². The highest BCUT2D eigenvalue weighted by atomic mass is 31.2. The Kier molecular flexibility index (Phi) is 65.9. The summed E-state index contributed by atoms with van der Waals surface area (Å²) in [5.74, 6) is 0.957. The van der Waals surface area contributed by atoms with Crippen LogP contribution in [0.25, 0.3) is 0 Å². The van der Waals surface area contributed by atoms with Gasteiger partial charge in [-0.2, -0.15) is 0 Å². The molecule has 576 valence electrons. The van der Waals surface area contributed by atoms with Crippen molar-refractivity contribution in [2.45, 2.75) is 414 Å². The molecule has 0 amide bonds. The highest BCUT2D eigenvalue weighted by molar-refractivity contribution is 7.47. The number of rotatable bonds is 75. The molecule has 3 unspecified atom stereocenters. The second-order valence-electron chi connectivity index (χ2n) is 29.8. The zero-order chi connectivity index (χ0) is 71.7. The van der Waals surface area contributed by atoms with Gasteiger partial charge in [0.25, 0.3) is 0 Å². The predicted molar refractivity (Wildman–Crippen MR) is 395 cm³/mol. The minimum atomic E-state index is -4.96. The van der Waals surface area contributed by atoms with Gasteiger partial charge in [-0.05, 0) is 49.4 Å². The molecule has 6 atom stereocenters. The molecule has 0 aliphatic heterocycles. The molecule has 0 saturated heterocycles. The SMILES string of the molecule is CCC(C)CCCCCCCCCCCCCCCCC(=O)OC[C@H](COP(=O)(O)OC[C@@H](O)COP(=O)(O)OC[C@@H](COC(=O)CCCCCCCCC(C)C)OC(=O)CCCCCCCCCCCCC(C)C)OC(=O)CCCCCCCCCCCCCCCCC(C)C. The molecule has 0 saturated carbocycles. The monoisotopic (exact) mass is 1420 g/mol. The van der Waals surface area contributed by atoms with E-state index in [2.05, 4.69) is 55.4 Å². The van der Waals surface area contributed by atoms with Gasteiger partial charge in [0, 0.05) is 25.7 Å². The average molecular weight is 1420 g/mol. The summed E-state index contributed by atoms with van der Waals surface area (Å²) in [4.78, 5) is 72.9. The van der Waals surface area contributed by atoms with E-state index in [1.807, 2.05) is 0 Å². The number of carbonyl (C=O) groups excluding carboxylic acids is 4. The fraction of sp³-hybridized carbons (Fsp3) is 0.949. The van der Waals surface area contributed by atoms with Gasteiger partial charge in [0.05, 0.1) is 26.4 Å². The number of hydrogen-bond acceptors (Lipinski definition) is 15. The van der Waals surface area contributed by atoms with Gasteiger partial charge >= 0.3 is 39.5 Å². The molecule has 0 spiro atoms. The highest BCUT2D eigenvalue weighted by Gasteiger charge is 2.30. The third kappa shape index (κ3) is 70.9. The van der Waals surface area contributed by atoms with Crippen molar-refractivity contribution in [1.82, 2.24) is 0 Å². The van der Waals surface area contributed by atoms with Gasteiger partial charge in [0.1, 0.15) is 19.3 Å². The summed E-state index contributed by atoms with van der Waals surface area (Å²) in [7, 11) is -9.92. The maximum absolute atomic E-state index is 13.1. The van der Waals surface area contributed by atoms with Crippen molar-refractivity contribution in [2.75, 3.05) is 39.6 Å². The first-order chi connectivity index (χ1) is 46.6. The Morgan fingerprint density at radius 1 is 0.289 bits per heavy atom. The number of aliphatic hydroxyl groups is 1. The lowest BCUT2D eigenvalue weighted by Crippen LogP contribution is -2.30. The number of carbonyl (C=O) groups is 4. The van der Waals surface area contributed by atoms with Crippen molar-refractivity contribution < 1.29 is 80.2 Å². The van der Waals surface area contributed by atoms with Crippen LogP contribution in [0.1, 0.15) is 396 Å². The number of phosphoric acid groups is 2. The average Bonchev–Trinajstić information content (AvgIpc) is 2.39. The normalized spacial score (nSPS) is 14.4. The van der Waals surface area contributed by atoms with Crippen LogP contribution in [0, 0.1) is 23.7 Å². The van der Waals surface area contributed by atoms with E-state index in [-0.39, 0.29) is 25.7 Å². The van der Waals surface area contributed by atoms with E-state index in [4.69, 9.17) is 37.0 Å². The Balaban J connectivity index is 5.24. The number of aliphatic hydroxyl groups excluding tert-OH is 1. The molecule has 0 radical (unpaired) electrons. The molecule has 0 aromatic heterocycles. The topological polar surface area (TPSA) is 237 Å². The number of ether oxygens (including phenoxy) is 4. The van der Waals surface area contributed by atoms with Gasteiger partial charge in [0.15, 0.2) is 12.2 Å². The molecule has 0 rings (SSSR count). The van der Waals surface area contributed by atoms with Gasteiger partial charge in [-0.3, -0.25) is 37.3 Å². The molecule has 97 heavy (non-hydrogen) atoms. The lowest BCUT2D eigenvalue weighted by molar-refractivity contribution is -0.161. The largest absolute Gasteiger partial charge is 0.472 e. The summed E-state index contributed by atoms with van der Waals surface area (Å²) in [6.07, 6.45) is 52.8. The van der Waals surface area contributed by atoms with Crippen LogP contribution in [0.15, 0.2) is 0 Å². The minimum absolute atomic E-state index is 0.105. The predicted octanol–water partition coefficient (Wildman–Crippen LogP) is 22.8. The maximum Gasteiger partial charge on any atom is 0.472 e. The summed E-state index contributed by atoms with van der Waals surface area (Å²) in [6.45, 7) is 14.2. The number of hydrogen-bond donors (Lipinski definition) is 3. The molecule has 0 aromatic carbocycles. The Morgan fingerprint density at radius 3 is 0.732 bits per heavy atom. The third-order valence-electron chi connectivity index (χ3n) is 18.4. The first-order valence-corrected chi connectivity index (χ1v) is 43.2. The summed E-state index contributed by atoms with van der Waals surface area (Å²) < 4.78 is 68.6. The first-order valence-electron chi connectivity index (χ1n) is 40.2. The lowest BCUT2D eigenvalue weighted by atomic mass is 9.99. The molecule has 3 N–H and O–H groups in total. The second-order valence-corrected chi connectivity index (χ2v) is 32.7. The quantitative estimate of drug-likeness (QED) is 0.0222. The van der Waals surface area contributed by atoms with Gasteiger partial charge in [-0.25, -0.2) is 9.13 Å². The van der Waals surface area contributed by atoms with E-state index in [9.17, 15) is 43.2 Å². The van der Waals surface area contributed by atoms with Gasteiger partial charge in [0.2, 0.25) is 0 Å². The van der Waals surface area contributed by atoms with Crippen LogP contribution in [-0.2, 0) is 65.4 Å². The smallest absolute Gasteiger partial charge is 0.462 e. The van der Waals surface area contributed by atoms with Crippen molar-refractivity contribution in [3.05, 3.63) is 0 Å².